The average Bonchev–Trinajstić information content (AvgIpc) is 2.36. The molecule has 0 unspecified atom stereocenters. The number of nitrogens with one attached hydrogen (secondary N) is 1. The van der Waals surface area contributed by atoms with Crippen molar-refractivity contribution in [3.05, 3.63) is 47.8 Å². The van der Waals surface area contributed by atoms with Crippen LogP contribution in [0, 0.1) is 12.7 Å². The first-order valence-corrected chi connectivity index (χ1v) is 5.57. The lowest BCUT2D eigenvalue weighted by Crippen LogP contribution is -1.99. The zero-order valence-corrected chi connectivity index (χ0v) is 10.3. The zero-order valence-electron chi connectivity index (χ0n) is 10.3. The van der Waals surface area contributed by atoms with E-state index in [1.54, 1.807) is 31.4 Å². The first-order chi connectivity index (χ1) is 8.60. The summed E-state index contributed by atoms with van der Waals surface area (Å²) >= 11 is 0. The highest BCUT2D eigenvalue weighted by atomic mass is 19.1. The van der Waals surface area contributed by atoms with Crippen LogP contribution in [0.1, 0.15) is 5.56 Å². The van der Waals surface area contributed by atoms with Crippen molar-refractivity contribution in [2.75, 3.05) is 18.2 Å². The van der Waals surface area contributed by atoms with Gasteiger partial charge in [0.1, 0.15) is 11.6 Å². The van der Waals surface area contributed by atoms with Crippen molar-refractivity contribution in [2.45, 2.75) is 6.92 Å². The largest absolute Gasteiger partial charge is 0.497 e. The highest BCUT2D eigenvalue weighted by molar-refractivity contribution is 5.75. The molecular weight excluding hydrogens is 231 g/mol. The minimum absolute atomic E-state index is 0.282. The van der Waals surface area contributed by atoms with Gasteiger partial charge in [-0.3, -0.25) is 0 Å². The van der Waals surface area contributed by atoms with Crippen LogP contribution in [0.3, 0.4) is 0 Å². The number of hydrogen-bond donors (Lipinski definition) is 2. The molecule has 0 saturated carbocycles. The van der Waals surface area contributed by atoms with Crippen LogP contribution in [0.4, 0.5) is 21.5 Å². The second-order valence-electron chi connectivity index (χ2n) is 4.04. The van der Waals surface area contributed by atoms with Gasteiger partial charge in [-0.1, -0.05) is 6.07 Å². The van der Waals surface area contributed by atoms with E-state index in [1.807, 2.05) is 6.92 Å². The SMILES string of the molecule is COc1ccc(Nc2cc(F)ccc2C)c(N)c1. The maximum absolute atomic E-state index is 13.2. The lowest BCUT2D eigenvalue weighted by molar-refractivity contribution is 0.415. The van der Waals surface area contributed by atoms with E-state index in [0.29, 0.717) is 17.1 Å². The Hall–Kier alpha value is -2.23. The van der Waals surface area contributed by atoms with Crippen molar-refractivity contribution in [1.29, 1.82) is 0 Å². The molecule has 0 aliphatic rings. The molecule has 2 aromatic carbocycles. The molecule has 0 aliphatic carbocycles. The molecule has 94 valence electrons. The molecule has 18 heavy (non-hydrogen) atoms. The summed E-state index contributed by atoms with van der Waals surface area (Å²) in [5, 5.41) is 3.11. The van der Waals surface area contributed by atoms with Gasteiger partial charge >= 0.3 is 0 Å². The van der Waals surface area contributed by atoms with Crippen molar-refractivity contribution in [1.82, 2.24) is 0 Å². The summed E-state index contributed by atoms with van der Waals surface area (Å²) in [7, 11) is 1.58. The van der Waals surface area contributed by atoms with Crippen molar-refractivity contribution in [3.63, 3.8) is 0 Å². The molecule has 0 radical (unpaired) electrons. The minimum atomic E-state index is -0.282. The maximum atomic E-state index is 13.2. The van der Waals surface area contributed by atoms with Crippen LogP contribution in [-0.4, -0.2) is 7.11 Å². The Morgan fingerprint density at radius 3 is 2.56 bits per heavy atom. The molecule has 0 fully saturated rings. The van der Waals surface area contributed by atoms with Crippen molar-refractivity contribution in [3.8, 4) is 5.75 Å². The third kappa shape index (κ3) is 2.53. The predicted octanol–water partition coefficient (Wildman–Crippen LogP) is 3.47. The Labute approximate surface area is 105 Å². The van der Waals surface area contributed by atoms with E-state index in [0.717, 1.165) is 11.3 Å². The molecule has 0 aliphatic heterocycles. The summed E-state index contributed by atoms with van der Waals surface area (Å²) in [5.74, 6) is 0.407. The summed E-state index contributed by atoms with van der Waals surface area (Å²) in [4.78, 5) is 0. The third-order valence-corrected chi connectivity index (χ3v) is 2.73. The first-order valence-electron chi connectivity index (χ1n) is 5.57. The molecule has 0 spiro atoms. The van der Waals surface area contributed by atoms with Crippen LogP contribution in [0.5, 0.6) is 5.75 Å². The molecule has 3 nitrogen and oxygen atoms in total. The number of nitrogens with two attached hydrogens (primary N) is 1. The number of hydrogen-bond acceptors (Lipinski definition) is 3. The van der Waals surface area contributed by atoms with Crippen LogP contribution < -0.4 is 15.8 Å². The summed E-state index contributed by atoms with van der Waals surface area (Å²) in [6.07, 6.45) is 0. The number of rotatable bonds is 3. The Bertz CT molecular complexity index is 570. The smallest absolute Gasteiger partial charge is 0.125 e. The Kier molecular flexibility index (Phi) is 3.37. The maximum Gasteiger partial charge on any atom is 0.125 e. The molecule has 0 aromatic heterocycles. The first kappa shape index (κ1) is 12.2. The van der Waals surface area contributed by atoms with Gasteiger partial charge in [0.25, 0.3) is 0 Å². The van der Waals surface area contributed by atoms with Crippen molar-refractivity contribution >= 4 is 17.1 Å². The molecule has 0 bridgehead atoms. The molecule has 0 heterocycles. The van der Waals surface area contributed by atoms with Gasteiger partial charge in [-0.15, -0.1) is 0 Å². The van der Waals surface area contributed by atoms with Crippen molar-refractivity contribution in [2.24, 2.45) is 0 Å². The van der Waals surface area contributed by atoms with Crippen LogP contribution in [0.2, 0.25) is 0 Å². The van der Waals surface area contributed by atoms with Crippen LogP contribution in [0.15, 0.2) is 36.4 Å². The van der Waals surface area contributed by atoms with Gasteiger partial charge in [0, 0.05) is 11.8 Å². The quantitative estimate of drug-likeness (QED) is 0.815. The van der Waals surface area contributed by atoms with Gasteiger partial charge in [0.05, 0.1) is 18.5 Å². The number of ether oxygens (including phenoxy) is 1. The molecule has 2 rings (SSSR count). The summed E-state index contributed by atoms with van der Waals surface area (Å²) in [6.45, 7) is 1.90. The number of nitrogen functional groups attached to an aromatic ring is 1. The second kappa shape index (κ2) is 4.96. The molecular formula is C14H15FN2O. The minimum Gasteiger partial charge on any atom is -0.497 e. The number of methoxy groups -OCH3 is 1. The van der Waals surface area contributed by atoms with Gasteiger partial charge in [-0.2, -0.15) is 0 Å². The predicted molar refractivity (Wildman–Crippen MR) is 71.8 cm³/mol. The number of anilines is 3. The lowest BCUT2D eigenvalue weighted by atomic mass is 10.1. The third-order valence-electron chi connectivity index (χ3n) is 2.73. The van der Waals surface area contributed by atoms with E-state index in [4.69, 9.17) is 10.5 Å². The lowest BCUT2D eigenvalue weighted by Gasteiger charge is -2.12. The van der Waals surface area contributed by atoms with Crippen LogP contribution in [-0.2, 0) is 0 Å². The fraction of sp³-hybridized carbons (Fsp3) is 0.143. The van der Waals surface area contributed by atoms with E-state index in [9.17, 15) is 4.39 Å². The van der Waals surface area contributed by atoms with Gasteiger partial charge in [0.2, 0.25) is 0 Å². The molecule has 0 atom stereocenters. The average molecular weight is 246 g/mol. The summed E-state index contributed by atoms with van der Waals surface area (Å²) < 4.78 is 18.3. The van der Waals surface area contributed by atoms with E-state index < -0.39 is 0 Å². The Morgan fingerprint density at radius 1 is 1.11 bits per heavy atom. The highest BCUT2D eigenvalue weighted by Gasteiger charge is 2.04. The Morgan fingerprint density at radius 2 is 1.89 bits per heavy atom. The number of benzene rings is 2. The summed E-state index contributed by atoms with van der Waals surface area (Å²) in [6, 6.07) is 9.91. The molecule has 0 saturated heterocycles. The summed E-state index contributed by atoms with van der Waals surface area (Å²) in [5.41, 5.74) is 8.83. The Balaban J connectivity index is 2.31. The highest BCUT2D eigenvalue weighted by Crippen LogP contribution is 2.28. The van der Waals surface area contributed by atoms with Gasteiger partial charge in [0.15, 0.2) is 0 Å². The zero-order chi connectivity index (χ0) is 13.1. The van der Waals surface area contributed by atoms with E-state index in [-0.39, 0.29) is 5.82 Å². The number of halogens is 1. The topological polar surface area (TPSA) is 47.3 Å². The van der Waals surface area contributed by atoms with E-state index in [1.165, 1.54) is 12.1 Å². The molecule has 2 aromatic rings. The second-order valence-corrected chi connectivity index (χ2v) is 4.04. The fourth-order valence-electron chi connectivity index (χ4n) is 1.66. The van der Waals surface area contributed by atoms with Crippen molar-refractivity contribution < 1.29 is 9.13 Å². The van der Waals surface area contributed by atoms with Crippen LogP contribution in [0.25, 0.3) is 0 Å². The molecule has 4 heteroatoms. The van der Waals surface area contributed by atoms with Gasteiger partial charge < -0.3 is 15.8 Å². The monoisotopic (exact) mass is 246 g/mol. The molecule has 0 amide bonds. The fourth-order valence-corrected chi connectivity index (χ4v) is 1.66. The van der Waals surface area contributed by atoms with E-state index >= 15 is 0 Å². The number of aryl methyl sites for hydroxylation is 1. The van der Waals surface area contributed by atoms with Gasteiger partial charge in [-0.05, 0) is 36.8 Å². The van der Waals surface area contributed by atoms with E-state index in [2.05, 4.69) is 5.32 Å². The van der Waals surface area contributed by atoms with Crippen LogP contribution >= 0.6 is 0 Å². The molecule has 3 N–H and O–H groups in total. The standard InChI is InChI=1S/C14H15FN2O/c1-9-3-4-10(15)7-14(9)17-13-6-5-11(18-2)8-12(13)16/h3-8,17H,16H2,1-2H3. The normalized spacial score (nSPS) is 10.2. The van der Waals surface area contributed by atoms with Gasteiger partial charge in [-0.25, -0.2) is 4.39 Å².